The van der Waals surface area contributed by atoms with E-state index in [1.54, 1.807) is 4.90 Å². The average Bonchev–Trinajstić information content (AvgIpc) is 3.46. The van der Waals surface area contributed by atoms with Crippen LogP contribution >= 0.6 is 0 Å². The van der Waals surface area contributed by atoms with Crippen molar-refractivity contribution in [2.75, 3.05) is 0 Å². The second-order valence-corrected chi connectivity index (χ2v) is 7.18. The molecule has 144 valence electrons. The quantitative estimate of drug-likeness (QED) is 0.811. The Bertz CT molecular complexity index is 796. The topological polar surface area (TPSA) is 40.5 Å². The standard InChI is InChI=1S/C21H22F3NO2/c1-14(15-6-4-3-5-7-15)25(18-12-13-18)19(26)16-8-10-17(11-9-16)20(2,27)21(22,23)24/h3-11,14,18,27H,12-13H2,1-2H3/t14-,20-/m0/s1. The lowest BCUT2D eigenvalue weighted by molar-refractivity contribution is -0.258. The van der Waals surface area contributed by atoms with E-state index in [0.717, 1.165) is 18.4 Å². The number of amides is 1. The van der Waals surface area contributed by atoms with Gasteiger partial charge in [-0.1, -0.05) is 42.5 Å². The number of aliphatic hydroxyl groups is 1. The molecule has 0 bridgehead atoms. The normalized spacial score (nSPS) is 17.9. The molecule has 1 aliphatic rings. The van der Waals surface area contributed by atoms with Crippen LogP contribution in [0.5, 0.6) is 0 Å². The van der Waals surface area contributed by atoms with Crippen molar-refractivity contribution in [3.8, 4) is 0 Å². The Morgan fingerprint density at radius 3 is 2.11 bits per heavy atom. The van der Waals surface area contributed by atoms with E-state index in [4.69, 9.17) is 0 Å². The number of carbonyl (C=O) groups is 1. The van der Waals surface area contributed by atoms with Crippen LogP contribution in [0.25, 0.3) is 0 Å². The molecule has 27 heavy (non-hydrogen) atoms. The SMILES string of the molecule is C[C@@H](c1ccccc1)N(C(=O)c1ccc([C@](C)(O)C(F)(F)F)cc1)C1CC1. The zero-order valence-corrected chi connectivity index (χ0v) is 15.2. The number of carbonyl (C=O) groups excluding carboxylic acids is 1. The summed E-state index contributed by atoms with van der Waals surface area (Å²) in [5, 5.41) is 9.78. The van der Waals surface area contributed by atoms with Crippen molar-refractivity contribution >= 4 is 5.91 Å². The Hall–Kier alpha value is -2.34. The summed E-state index contributed by atoms with van der Waals surface area (Å²) >= 11 is 0. The molecule has 1 fully saturated rings. The van der Waals surface area contributed by atoms with Gasteiger partial charge in [-0.3, -0.25) is 4.79 Å². The van der Waals surface area contributed by atoms with Crippen molar-refractivity contribution in [1.29, 1.82) is 0 Å². The van der Waals surface area contributed by atoms with E-state index in [0.29, 0.717) is 12.5 Å². The van der Waals surface area contributed by atoms with E-state index in [1.165, 1.54) is 24.3 Å². The van der Waals surface area contributed by atoms with E-state index in [9.17, 15) is 23.1 Å². The molecule has 0 spiro atoms. The van der Waals surface area contributed by atoms with E-state index in [1.807, 2.05) is 37.3 Å². The fourth-order valence-electron chi connectivity index (χ4n) is 3.15. The number of hydrogen-bond acceptors (Lipinski definition) is 2. The van der Waals surface area contributed by atoms with Gasteiger partial charge >= 0.3 is 6.18 Å². The maximum absolute atomic E-state index is 13.0. The van der Waals surface area contributed by atoms with Gasteiger partial charge in [-0.15, -0.1) is 0 Å². The van der Waals surface area contributed by atoms with Crippen molar-refractivity contribution in [2.45, 2.75) is 50.6 Å². The molecule has 0 heterocycles. The molecule has 0 aliphatic heterocycles. The fraction of sp³-hybridized carbons (Fsp3) is 0.381. The third-order valence-corrected chi connectivity index (χ3v) is 5.12. The van der Waals surface area contributed by atoms with Crippen LogP contribution in [0.15, 0.2) is 54.6 Å². The minimum absolute atomic E-state index is 0.135. The molecule has 3 nitrogen and oxygen atoms in total. The Balaban J connectivity index is 1.85. The highest BCUT2D eigenvalue weighted by atomic mass is 19.4. The summed E-state index contributed by atoms with van der Waals surface area (Å²) in [6.45, 7) is 2.66. The molecule has 0 saturated heterocycles. The van der Waals surface area contributed by atoms with E-state index in [-0.39, 0.29) is 23.6 Å². The summed E-state index contributed by atoms with van der Waals surface area (Å²) < 4.78 is 39.0. The lowest BCUT2D eigenvalue weighted by Crippen LogP contribution is -2.39. The highest BCUT2D eigenvalue weighted by molar-refractivity contribution is 5.95. The van der Waals surface area contributed by atoms with Gasteiger partial charge in [0.2, 0.25) is 0 Å². The van der Waals surface area contributed by atoms with Crippen molar-refractivity contribution < 1.29 is 23.1 Å². The third-order valence-electron chi connectivity index (χ3n) is 5.12. The Kier molecular flexibility index (Phi) is 5.04. The highest BCUT2D eigenvalue weighted by Crippen LogP contribution is 2.39. The lowest BCUT2D eigenvalue weighted by Gasteiger charge is -2.30. The van der Waals surface area contributed by atoms with Crippen molar-refractivity contribution in [2.24, 2.45) is 0 Å². The van der Waals surface area contributed by atoms with Gasteiger partial charge in [-0.2, -0.15) is 13.2 Å². The summed E-state index contributed by atoms with van der Waals surface area (Å²) in [7, 11) is 0. The summed E-state index contributed by atoms with van der Waals surface area (Å²) in [4.78, 5) is 14.8. The van der Waals surface area contributed by atoms with Crippen molar-refractivity contribution in [1.82, 2.24) is 4.90 Å². The predicted molar refractivity (Wildman–Crippen MR) is 96.1 cm³/mol. The zero-order valence-electron chi connectivity index (χ0n) is 15.2. The molecule has 0 unspecified atom stereocenters. The van der Waals surface area contributed by atoms with Crippen LogP contribution in [0.1, 0.15) is 54.2 Å². The van der Waals surface area contributed by atoms with E-state index in [2.05, 4.69) is 0 Å². The van der Waals surface area contributed by atoms with Gasteiger partial charge in [0.05, 0.1) is 6.04 Å². The van der Waals surface area contributed by atoms with Gasteiger partial charge < -0.3 is 10.0 Å². The van der Waals surface area contributed by atoms with Gasteiger partial charge in [0.15, 0.2) is 5.60 Å². The van der Waals surface area contributed by atoms with Crippen LogP contribution in [0, 0.1) is 0 Å². The number of rotatable bonds is 5. The van der Waals surface area contributed by atoms with Crippen molar-refractivity contribution in [3.63, 3.8) is 0 Å². The van der Waals surface area contributed by atoms with E-state index >= 15 is 0 Å². The molecule has 6 heteroatoms. The van der Waals surface area contributed by atoms with Gasteiger partial charge in [0.25, 0.3) is 5.91 Å². The fourth-order valence-corrected chi connectivity index (χ4v) is 3.15. The number of hydrogen-bond donors (Lipinski definition) is 1. The zero-order chi connectivity index (χ0) is 19.8. The number of benzene rings is 2. The first kappa shape index (κ1) is 19.4. The van der Waals surface area contributed by atoms with Crippen LogP contribution < -0.4 is 0 Å². The lowest BCUT2D eigenvalue weighted by atomic mass is 9.94. The van der Waals surface area contributed by atoms with Crippen molar-refractivity contribution in [3.05, 3.63) is 71.3 Å². The molecule has 2 atom stereocenters. The maximum Gasteiger partial charge on any atom is 0.421 e. The smallest absolute Gasteiger partial charge is 0.376 e. The number of nitrogens with zero attached hydrogens (tertiary/aromatic N) is 1. The molecule has 1 aliphatic carbocycles. The third kappa shape index (κ3) is 3.86. The summed E-state index contributed by atoms with van der Waals surface area (Å²) in [6.07, 6.45) is -2.95. The Labute approximate surface area is 156 Å². The van der Waals surface area contributed by atoms with Crippen LogP contribution in [0.4, 0.5) is 13.2 Å². The molecule has 2 aromatic rings. The van der Waals surface area contributed by atoms with Crippen LogP contribution in [-0.4, -0.2) is 28.1 Å². The van der Waals surface area contributed by atoms with Gasteiger partial charge in [-0.25, -0.2) is 0 Å². The Morgan fingerprint density at radius 2 is 1.63 bits per heavy atom. The first-order valence-electron chi connectivity index (χ1n) is 8.90. The van der Waals surface area contributed by atoms with Crippen LogP contribution in [-0.2, 0) is 5.60 Å². The molecule has 3 rings (SSSR count). The van der Waals surface area contributed by atoms with Gasteiger partial charge in [-0.05, 0) is 49.9 Å². The molecule has 2 aromatic carbocycles. The summed E-state index contributed by atoms with van der Waals surface area (Å²) in [6, 6.07) is 14.7. The van der Waals surface area contributed by atoms with Gasteiger partial charge in [0, 0.05) is 11.6 Å². The Morgan fingerprint density at radius 1 is 1.07 bits per heavy atom. The minimum atomic E-state index is -4.79. The second kappa shape index (κ2) is 7.00. The second-order valence-electron chi connectivity index (χ2n) is 7.18. The number of halogens is 3. The molecular formula is C21H22F3NO2. The molecule has 1 amide bonds. The molecule has 0 aromatic heterocycles. The van der Waals surface area contributed by atoms with Crippen LogP contribution in [0.2, 0.25) is 0 Å². The largest absolute Gasteiger partial charge is 0.421 e. The minimum Gasteiger partial charge on any atom is -0.376 e. The molecule has 1 saturated carbocycles. The van der Waals surface area contributed by atoms with Crippen LogP contribution in [0.3, 0.4) is 0 Å². The van der Waals surface area contributed by atoms with Gasteiger partial charge in [0.1, 0.15) is 0 Å². The monoisotopic (exact) mass is 377 g/mol. The summed E-state index contributed by atoms with van der Waals surface area (Å²) in [5.41, 5.74) is -1.93. The summed E-state index contributed by atoms with van der Waals surface area (Å²) in [5.74, 6) is -0.216. The number of alkyl halides is 3. The first-order chi connectivity index (χ1) is 12.6. The first-order valence-corrected chi connectivity index (χ1v) is 8.90. The average molecular weight is 377 g/mol. The maximum atomic E-state index is 13.0. The molecular weight excluding hydrogens is 355 g/mol. The highest BCUT2D eigenvalue weighted by Gasteiger charge is 2.51. The van der Waals surface area contributed by atoms with E-state index < -0.39 is 11.8 Å². The predicted octanol–water partition coefficient (Wildman–Crippen LogP) is 4.82. The molecule has 0 radical (unpaired) electrons. The molecule has 1 N–H and O–H groups in total.